The number of nitrogens with zero attached hydrogens (tertiary/aromatic N) is 1. The molecular formula is C17H23N3O2S. The van der Waals surface area contributed by atoms with Crippen molar-refractivity contribution < 1.29 is 9.53 Å². The number of benzene rings is 1. The molecule has 0 aliphatic rings. The second kappa shape index (κ2) is 7.46. The van der Waals surface area contributed by atoms with E-state index >= 15 is 0 Å². The van der Waals surface area contributed by atoms with Gasteiger partial charge in [0.25, 0.3) is 0 Å². The molecule has 124 valence electrons. The maximum Gasteiger partial charge on any atom is 0.412 e. The van der Waals surface area contributed by atoms with Gasteiger partial charge in [0, 0.05) is 22.4 Å². The van der Waals surface area contributed by atoms with Gasteiger partial charge in [-0.3, -0.25) is 5.32 Å². The minimum atomic E-state index is -0.502. The van der Waals surface area contributed by atoms with Crippen molar-refractivity contribution in [2.75, 3.05) is 10.6 Å². The summed E-state index contributed by atoms with van der Waals surface area (Å²) in [6.07, 6.45) is 2.43. The average Bonchev–Trinajstić information content (AvgIpc) is 2.92. The number of aryl methyl sites for hydroxylation is 1. The first kappa shape index (κ1) is 17.3. The summed E-state index contributed by atoms with van der Waals surface area (Å²) in [5, 5.41) is 7.21. The molecule has 0 spiro atoms. The van der Waals surface area contributed by atoms with Crippen LogP contribution in [0.3, 0.4) is 0 Å². The Hall–Kier alpha value is -2.08. The van der Waals surface area contributed by atoms with E-state index < -0.39 is 11.7 Å². The summed E-state index contributed by atoms with van der Waals surface area (Å²) in [4.78, 5) is 17.2. The fraction of sp³-hybridized carbons (Fsp3) is 0.412. The Kier molecular flexibility index (Phi) is 5.60. The average molecular weight is 333 g/mol. The lowest BCUT2D eigenvalue weighted by atomic mass is 10.2. The van der Waals surface area contributed by atoms with Crippen molar-refractivity contribution in [2.24, 2.45) is 0 Å². The maximum atomic E-state index is 11.7. The Morgan fingerprint density at radius 1 is 1.22 bits per heavy atom. The molecule has 2 rings (SSSR count). The van der Waals surface area contributed by atoms with Crippen LogP contribution in [0.2, 0.25) is 0 Å². The number of hydrogen-bond donors (Lipinski definition) is 2. The van der Waals surface area contributed by atoms with Gasteiger partial charge >= 0.3 is 6.09 Å². The summed E-state index contributed by atoms with van der Waals surface area (Å²) in [5.41, 5.74) is 1.19. The predicted octanol–water partition coefficient (Wildman–Crippen LogP) is 4.66. The van der Waals surface area contributed by atoms with E-state index in [1.54, 1.807) is 11.3 Å². The van der Waals surface area contributed by atoms with Gasteiger partial charge in [0.1, 0.15) is 5.60 Å². The van der Waals surface area contributed by atoms with Crippen LogP contribution in [0.1, 0.15) is 37.6 Å². The second-order valence-electron chi connectivity index (χ2n) is 6.13. The normalized spacial score (nSPS) is 11.1. The van der Waals surface area contributed by atoms with Crippen LogP contribution >= 0.6 is 11.3 Å². The molecule has 2 N–H and O–H groups in total. The lowest BCUT2D eigenvalue weighted by molar-refractivity contribution is 0.0636. The van der Waals surface area contributed by atoms with E-state index in [1.807, 2.05) is 51.2 Å². The zero-order chi connectivity index (χ0) is 16.9. The van der Waals surface area contributed by atoms with Crippen molar-refractivity contribution in [3.05, 3.63) is 40.3 Å². The molecular weight excluding hydrogens is 310 g/mol. The van der Waals surface area contributed by atoms with Crippen LogP contribution in [0.25, 0.3) is 0 Å². The minimum Gasteiger partial charge on any atom is -0.444 e. The molecule has 6 heteroatoms. The molecule has 1 aromatic heterocycles. The Morgan fingerprint density at radius 2 is 1.87 bits per heavy atom. The highest BCUT2D eigenvalue weighted by Gasteiger charge is 2.16. The van der Waals surface area contributed by atoms with Gasteiger partial charge in [-0.05, 0) is 51.5 Å². The highest BCUT2D eigenvalue weighted by Crippen LogP contribution is 2.18. The van der Waals surface area contributed by atoms with E-state index in [2.05, 4.69) is 22.5 Å². The van der Waals surface area contributed by atoms with E-state index in [9.17, 15) is 4.79 Å². The molecule has 0 fully saturated rings. The molecule has 2 aromatic rings. The molecule has 1 heterocycles. The Labute approximate surface area is 141 Å². The molecule has 0 unspecified atom stereocenters. The number of carbonyl (C=O) groups is 1. The fourth-order valence-electron chi connectivity index (χ4n) is 1.88. The Bertz CT molecular complexity index is 645. The molecule has 0 bridgehead atoms. The molecule has 0 saturated carbocycles. The van der Waals surface area contributed by atoms with Crippen LogP contribution in [0, 0.1) is 0 Å². The zero-order valence-electron chi connectivity index (χ0n) is 14.0. The van der Waals surface area contributed by atoms with Crippen molar-refractivity contribution in [1.29, 1.82) is 0 Å². The summed E-state index contributed by atoms with van der Waals surface area (Å²) in [7, 11) is 0. The lowest BCUT2D eigenvalue weighted by Gasteiger charge is -2.19. The van der Waals surface area contributed by atoms with Crippen molar-refractivity contribution in [2.45, 2.75) is 46.3 Å². The summed E-state index contributed by atoms with van der Waals surface area (Å²) in [6.45, 7) is 8.36. The SMILES string of the molecule is CCc1ncc(CNc2ccc(NC(=O)OC(C)(C)C)cc2)s1. The lowest BCUT2D eigenvalue weighted by Crippen LogP contribution is -2.27. The number of nitrogens with one attached hydrogen (secondary N) is 2. The number of ether oxygens (including phenoxy) is 1. The highest BCUT2D eigenvalue weighted by atomic mass is 32.1. The van der Waals surface area contributed by atoms with Gasteiger partial charge in [-0.1, -0.05) is 6.92 Å². The first-order valence-corrected chi connectivity index (χ1v) is 8.45. The molecule has 0 atom stereocenters. The predicted molar refractivity (Wildman–Crippen MR) is 95.1 cm³/mol. The van der Waals surface area contributed by atoms with Crippen LogP contribution in [-0.2, 0) is 17.7 Å². The van der Waals surface area contributed by atoms with Crippen molar-refractivity contribution in [3.8, 4) is 0 Å². The topological polar surface area (TPSA) is 63.2 Å². The van der Waals surface area contributed by atoms with Crippen LogP contribution in [-0.4, -0.2) is 16.7 Å². The number of amides is 1. The van der Waals surface area contributed by atoms with Crippen molar-refractivity contribution >= 4 is 28.8 Å². The summed E-state index contributed by atoms with van der Waals surface area (Å²) < 4.78 is 5.22. The van der Waals surface area contributed by atoms with E-state index in [1.165, 1.54) is 4.88 Å². The monoisotopic (exact) mass is 333 g/mol. The quantitative estimate of drug-likeness (QED) is 0.835. The van der Waals surface area contributed by atoms with Gasteiger partial charge in [0.05, 0.1) is 11.6 Å². The van der Waals surface area contributed by atoms with E-state index in [0.29, 0.717) is 5.69 Å². The Balaban J connectivity index is 1.85. The van der Waals surface area contributed by atoms with Gasteiger partial charge in [0.2, 0.25) is 0 Å². The third-order valence-electron chi connectivity index (χ3n) is 2.90. The number of thiazole rings is 1. The molecule has 0 saturated heterocycles. The third-order valence-corrected chi connectivity index (χ3v) is 4.04. The molecule has 0 radical (unpaired) electrons. The van der Waals surface area contributed by atoms with E-state index in [-0.39, 0.29) is 0 Å². The third kappa shape index (κ3) is 5.90. The number of hydrogen-bond acceptors (Lipinski definition) is 5. The standard InChI is InChI=1S/C17H23N3O2S/c1-5-15-19-11-14(23-15)10-18-12-6-8-13(9-7-12)20-16(21)22-17(2,3)4/h6-9,11,18H,5,10H2,1-4H3,(H,20,21). The zero-order valence-corrected chi connectivity index (χ0v) is 14.8. The molecule has 1 aromatic carbocycles. The van der Waals surface area contributed by atoms with Crippen LogP contribution < -0.4 is 10.6 Å². The van der Waals surface area contributed by atoms with Gasteiger partial charge < -0.3 is 10.1 Å². The molecule has 0 aliphatic carbocycles. The first-order chi connectivity index (χ1) is 10.9. The summed E-state index contributed by atoms with van der Waals surface area (Å²) in [5.74, 6) is 0. The van der Waals surface area contributed by atoms with E-state index in [0.717, 1.165) is 23.7 Å². The number of anilines is 2. The number of aromatic nitrogens is 1. The van der Waals surface area contributed by atoms with Gasteiger partial charge in [0.15, 0.2) is 0 Å². The summed E-state index contributed by atoms with van der Waals surface area (Å²) >= 11 is 1.72. The Morgan fingerprint density at radius 3 is 2.43 bits per heavy atom. The first-order valence-electron chi connectivity index (χ1n) is 7.63. The van der Waals surface area contributed by atoms with Crippen LogP contribution in [0.15, 0.2) is 30.5 Å². The molecule has 0 aliphatic heterocycles. The largest absolute Gasteiger partial charge is 0.444 e. The number of carbonyl (C=O) groups excluding carboxylic acids is 1. The molecule has 5 nitrogen and oxygen atoms in total. The van der Waals surface area contributed by atoms with Gasteiger partial charge in [-0.25, -0.2) is 9.78 Å². The van der Waals surface area contributed by atoms with Crippen LogP contribution in [0.5, 0.6) is 0 Å². The van der Waals surface area contributed by atoms with Crippen molar-refractivity contribution in [1.82, 2.24) is 4.98 Å². The maximum absolute atomic E-state index is 11.7. The van der Waals surface area contributed by atoms with Gasteiger partial charge in [-0.2, -0.15) is 0 Å². The summed E-state index contributed by atoms with van der Waals surface area (Å²) in [6, 6.07) is 7.54. The smallest absolute Gasteiger partial charge is 0.412 e. The minimum absolute atomic E-state index is 0.449. The highest BCUT2D eigenvalue weighted by molar-refractivity contribution is 7.11. The fourth-order valence-corrected chi connectivity index (χ4v) is 2.68. The van der Waals surface area contributed by atoms with Gasteiger partial charge in [-0.15, -0.1) is 11.3 Å². The van der Waals surface area contributed by atoms with Crippen LogP contribution in [0.4, 0.5) is 16.2 Å². The van der Waals surface area contributed by atoms with Crippen molar-refractivity contribution in [3.63, 3.8) is 0 Å². The number of rotatable bonds is 5. The second-order valence-corrected chi connectivity index (χ2v) is 7.33. The van der Waals surface area contributed by atoms with E-state index in [4.69, 9.17) is 4.74 Å². The molecule has 23 heavy (non-hydrogen) atoms. The molecule has 1 amide bonds.